The molecule has 0 atom stereocenters. The maximum atomic E-state index is 11.2. The molecule has 0 bridgehead atoms. The number of pyridine rings is 1. The highest BCUT2D eigenvalue weighted by Gasteiger charge is 2.02. The molecule has 0 saturated carbocycles. The predicted octanol–water partition coefficient (Wildman–Crippen LogP) is 0.708. The van der Waals surface area contributed by atoms with Crippen LogP contribution in [-0.2, 0) is 16.1 Å². The van der Waals surface area contributed by atoms with E-state index in [4.69, 9.17) is 4.74 Å². The van der Waals surface area contributed by atoms with E-state index in [1.54, 1.807) is 17.1 Å². The minimum atomic E-state index is -0.121. The summed E-state index contributed by atoms with van der Waals surface area (Å²) in [6.45, 7) is 1.24. The zero-order valence-electron chi connectivity index (χ0n) is 10.7. The van der Waals surface area contributed by atoms with E-state index in [2.05, 4.69) is 15.4 Å². The van der Waals surface area contributed by atoms with Crippen molar-refractivity contribution >= 4 is 5.91 Å². The maximum Gasteiger partial charge on any atom is 0.246 e. The van der Waals surface area contributed by atoms with Crippen molar-refractivity contribution in [3.63, 3.8) is 0 Å². The van der Waals surface area contributed by atoms with Gasteiger partial charge in [0.05, 0.1) is 12.2 Å². The summed E-state index contributed by atoms with van der Waals surface area (Å²) < 4.78 is 6.52. The number of carbonyl (C=O) groups is 1. The van der Waals surface area contributed by atoms with Crippen LogP contribution >= 0.6 is 0 Å². The molecule has 19 heavy (non-hydrogen) atoms. The minimum absolute atomic E-state index is 0.0847. The number of methoxy groups -OCH3 is 1. The van der Waals surface area contributed by atoms with Gasteiger partial charge < -0.3 is 10.1 Å². The zero-order chi connectivity index (χ0) is 13.5. The molecule has 2 heterocycles. The van der Waals surface area contributed by atoms with Gasteiger partial charge in [-0.1, -0.05) is 0 Å². The Morgan fingerprint density at radius 3 is 2.89 bits per heavy atom. The van der Waals surface area contributed by atoms with Crippen LogP contribution in [0.15, 0.2) is 36.8 Å². The van der Waals surface area contributed by atoms with Crippen molar-refractivity contribution in [3.8, 4) is 11.3 Å². The lowest BCUT2D eigenvalue weighted by Crippen LogP contribution is -2.30. The molecule has 0 aliphatic carbocycles. The molecule has 6 heteroatoms. The Kier molecular flexibility index (Phi) is 4.63. The lowest BCUT2D eigenvalue weighted by Gasteiger charge is -2.04. The number of hydrogen-bond acceptors (Lipinski definition) is 4. The Hall–Kier alpha value is -2.21. The quantitative estimate of drug-likeness (QED) is 0.830. The van der Waals surface area contributed by atoms with Crippen molar-refractivity contribution in [1.29, 1.82) is 0 Å². The molecule has 2 aromatic rings. The van der Waals surface area contributed by atoms with Gasteiger partial charge in [0.1, 0.15) is 6.61 Å². The normalized spacial score (nSPS) is 10.4. The van der Waals surface area contributed by atoms with Gasteiger partial charge in [-0.2, -0.15) is 5.10 Å². The third-order valence-electron chi connectivity index (χ3n) is 2.56. The second kappa shape index (κ2) is 6.65. The molecule has 0 radical (unpaired) electrons. The minimum Gasteiger partial charge on any atom is -0.375 e. The van der Waals surface area contributed by atoms with Crippen LogP contribution in [0.4, 0.5) is 0 Å². The summed E-state index contributed by atoms with van der Waals surface area (Å²) in [5, 5.41) is 7.18. The topological polar surface area (TPSA) is 69.0 Å². The fourth-order valence-corrected chi connectivity index (χ4v) is 1.65. The smallest absolute Gasteiger partial charge is 0.246 e. The van der Waals surface area contributed by atoms with E-state index in [1.165, 1.54) is 7.11 Å². The molecule has 2 rings (SSSR count). The number of nitrogens with one attached hydrogen (secondary N) is 1. The van der Waals surface area contributed by atoms with Gasteiger partial charge in [-0.15, -0.1) is 0 Å². The first-order valence-electron chi connectivity index (χ1n) is 5.99. The van der Waals surface area contributed by atoms with E-state index in [0.29, 0.717) is 13.1 Å². The molecule has 0 fully saturated rings. The second-order valence-electron chi connectivity index (χ2n) is 3.98. The largest absolute Gasteiger partial charge is 0.375 e. The van der Waals surface area contributed by atoms with Crippen molar-refractivity contribution in [1.82, 2.24) is 20.1 Å². The lowest BCUT2D eigenvalue weighted by atomic mass is 10.2. The zero-order valence-corrected chi connectivity index (χ0v) is 10.7. The average molecular weight is 260 g/mol. The van der Waals surface area contributed by atoms with E-state index in [1.807, 2.05) is 24.4 Å². The monoisotopic (exact) mass is 260 g/mol. The molecular formula is C13H16N4O2. The summed E-state index contributed by atoms with van der Waals surface area (Å²) in [7, 11) is 1.49. The SMILES string of the molecule is COCC(=O)NCCn1ccc(-c2ccncc2)n1. The summed E-state index contributed by atoms with van der Waals surface area (Å²) in [4.78, 5) is 15.2. The van der Waals surface area contributed by atoms with E-state index in [0.717, 1.165) is 11.3 Å². The van der Waals surface area contributed by atoms with Crippen molar-refractivity contribution < 1.29 is 9.53 Å². The van der Waals surface area contributed by atoms with Crippen LogP contribution in [0.1, 0.15) is 0 Å². The van der Waals surface area contributed by atoms with E-state index in [9.17, 15) is 4.79 Å². The van der Waals surface area contributed by atoms with Crippen LogP contribution in [0.25, 0.3) is 11.3 Å². The Bertz CT molecular complexity index is 524. The van der Waals surface area contributed by atoms with Crippen molar-refractivity contribution in [2.24, 2.45) is 0 Å². The Morgan fingerprint density at radius 2 is 2.16 bits per heavy atom. The molecule has 100 valence electrons. The third kappa shape index (κ3) is 3.89. The van der Waals surface area contributed by atoms with Gasteiger partial charge in [0, 0.05) is 37.8 Å². The van der Waals surface area contributed by atoms with Crippen molar-refractivity contribution in [3.05, 3.63) is 36.8 Å². The molecule has 0 spiro atoms. The molecule has 0 aromatic carbocycles. The number of amides is 1. The molecule has 2 aromatic heterocycles. The highest BCUT2D eigenvalue weighted by molar-refractivity contribution is 5.77. The van der Waals surface area contributed by atoms with Gasteiger partial charge in [-0.3, -0.25) is 14.5 Å². The van der Waals surface area contributed by atoms with E-state index < -0.39 is 0 Å². The van der Waals surface area contributed by atoms with Gasteiger partial charge in [-0.25, -0.2) is 0 Å². The summed E-state index contributed by atoms with van der Waals surface area (Å²) in [6.07, 6.45) is 5.36. The Labute approximate surface area is 111 Å². The first-order chi connectivity index (χ1) is 9.29. The summed E-state index contributed by atoms with van der Waals surface area (Å²) >= 11 is 0. The number of carbonyl (C=O) groups excluding carboxylic acids is 1. The van der Waals surface area contributed by atoms with Crippen LogP contribution in [0.2, 0.25) is 0 Å². The van der Waals surface area contributed by atoms with Crippen LogP contribution in [0.3, 0.4) is 0 Å². The molecule has 0 aliphatic heterocycles. The van der Waals surface area contributed by atoms with Crippen LogP contribution in [0.5, 0.6) is 0 Å². The van der Waals surface area contributed by atoms with Gasteiger partial charge in [0.15, 0.2) is 0 Å². The molecule has 0 unspecified atom stereocenters. The van der Waals surface area contributed by atoms with Crippen LogP contribution in [-0.4, -0.2) is 40.9 Å². The van der Waals surface area contributed by atoms with Gasteiger partial charge in [-0.05, 0) is 18.2 Å². The summed E-state index contributed by atoms with van der Waals surface area (Å²) in [5.41, 5.74) is 1.92. The van der Waals surface area contributed by atoms with Crippen molar-refractivity contribution in [2.45, 2.75) is 6.54 Å². The van der Waals surface area contributed by atoms with Gasteiger partial charge in [0.2, 0.25) is 5.91 Å². The second-order valence-corrected chi connectivity index (χ2v) is 3.98. The predicted molar refractivity (Wildman–Crippen MR) is 70.3 cm³/mol. The highest BCUT2D eigenvalue weighted by Crippen LogP contribution is 2.14. The number of nitrogens with zero attached hydrogens (tertiary/aromatic N) is 3. The van der Waals surface area contributed by atoms with E-state index >= 15 is 0 Å². The average Bonchev–Trinajstić information content (AvgIpc) is 2.89. The molecule has 1 N–H and O–H groups in total. The standard InChI is InChI=1S/C13H16N4O2/c1-19-10-13(18)15-7-9-17-8-4-12(16-17)11-2-5-14-6-3-11/h2-6,8H,7,9-10H2,1H3,(H,15,18). The van der Waals surface area contributed by atoms with Gasteiger partial charge in [0.25, 0.3) is 0 Å². The van der Waals surface area contributed by atoms with Crippen LogP contribution < -0.4 is 5.32 Å². The molecular weight excluding hydrogens is 244 g/mol. The fourth-order valence-electron chi connectivity index (χ4n) is 1.65. The first-order valence-corrected chi connectivity index (χ1v) is 5.99. The van der Waals surface area contributed by atoms with Crippen LogP contribution in [0, 0.1) is 0 Å². The number of rotatable bonds is 6. The van der Waals surface area contributed by atoms with E-state index in [-0.39, 0.29) is 12.5 Å². The molecule has 1 amide bonds. The molecule has 6 nitrogen and oxygen atoms in total. The lowest BCUT2D eigenvalue weighted by molar-refractivity contribution is -0.124. The maximum absolute atomic E-state index is 11.2. The third-order valence-corrected chi connectivity index (χ3v) is 2.56. The highest BCUT2D eigenvalue weighted by atomic mass is 16.5. The Balaban J connectivity index is 1.86. The number of hydrogen-bond donors (Lipinski definition) is 1. The molecule has 0 aliphatic rings. The Morgan fingerprint density at radius 1 is 1.37 bits per heavy atom. The number of aromatic nitrogens is 3. The van der Waals surface area contributed by atoms with Gasteiger partial charge >= 0.3 is 0 Å². The molecule has 0 saturated heterocycles. The summed E-state index contributed by atoms with van der Waals surface area (Å²) in [5.74, 6) is -0.121. The fraction of sp³-hybridized carbons (Fsp3) is 0.308. The summed E-state index contributed by atoms with van der Waals surface area (Å²) in [6, 6.07) is 5.76. The number of ether oxygens (including phenoxy) is 1. The first kappa shape index (κ1) is 13.2. The van der Waals surface area contributed by atoms with Crippen molar-refractivity contribution in [2.75, 3.05) is 20.3 Å².